The SMILES string of the molecule is COc1cc(OC)c(Cl)c(-c2cc3cnc(Nc4c(N)cccc4F)nc3n(C)c2=O)c1Cl. The summed E-state index contributed by atoms with van der Waals surface area (Å²) in [6.07, 6.45) is 1.49. The van der Waals surface area contributed by atoms with Gasteiger partial charge in [0.05, 0.1) is 35.5 Å². The van der Waals surface area contributed by atoms with Crippen molar-refractivity contribution in [2.75, 3.05) is 25.3 Å². The van der Waals surface area contributed by atoms with Gasteiger partial charge in [-0.3, -0.25) is 9.36 Å². The minimum Gasteiger partial charge on any atom is -0.495 e. The number of nitrogens with one attached hydrogen (secondary N) is 1. The Kier molecular flexibility index (Phi) is 6.01. The Morgan fingerprint density at radius 3 is 2.39 bits per heavy atom. The van der Waals surface area contributed by atoms with Gasteiger partial charge >= 0.3 is 0 Å². The molecule has 0 aliphatic rings. The molecule has 0 bridgehead atoms. The lowest BCUT2D eigenvalue weighted by Gasteiger charge is -2.16. The van der Waals surface area contributed by atoms with Crippen LogP contribution in [0, 0.1) is 5.82 Å². The number of benzene rings is 2. The molecule has 8 nitrogen and oxygen atoms in total. The normalized spacial score (nSPS) is 11.0. The Labute approximate surface area is 197 Å². The summed E-state index contributed by atoms with van der Waals surface area (Å²) in [6.45, 7) is 0. The third-order valence-corrected chi connectivity index (χ3v) is 5.82. The van der Waals surface area contributed by atoms with E-state index in [1.54, 1.807) is 19.2 Å². The predicted molar refractivity (Wildman–Crippen MR) is 127 cm³/mol. The lowest BCUT2D eigenvalue weighted by atomic mass is 10.0. The largest absolute Gasteiger partial charge is 0.495 e. The number of pyridine rings is 1. The van der Waals surface area contributed by atoms with Gasteiger partial charge in [0, 0.05) is 30.3 Å². The number of nitrogens with zero attached hydrogens (tertiary/aromatic N) is 3. The number of hydrogen-bond donors (Lipinski definition) is 2. The zero-order valence-corrected chi connectivity index (χ0v) is 19.3. The van der Waals surface area contributed by atoms with Crippen LogP contribution in [-0.2, 0) is 7.05 Å². The van der Waals surface area contributed by atoms with E-state index < -0.39 is 11.4 Å². The highest BCUT2D eigenvalue weighted by molar-refractivity contribution is 6.41. The van der Waals surface area contributed by atoms with Gasteiger partial charge in [0.1, 0.15) is 28.7 Å². The van der Waals surface area contributed by atoms with E-state index >= 15 is 0 Å². The van der Waals surface area contributed by atoms with Crippen LogP contribution in [0.2, 0.25) is 10.0 Å². The second-order valence-corrected chi connectivity index (χ2v) is 7.76. The van der Waals surface area contributed by atoms with Gasteiger partial charge in [0.25, 0.3) is 5.56 Å². The van der Waals surface area contributed by atoms with Gasteiger partial charge in [0.2, 0.25) is 5.95 Å². The summed E-state index contributed by atoms with van der Waals surface area (Å²) in [5, 5.41) is 3.60. The molecule has 0 spiro atoms. The number of nitrogen functional groups attached to an aromatic ring is 1. The highest BCUT2D eigenvalue weighted by Gasteiger charge is 2.22. The van der Waals surface area contributed by atoms with E-state index in [9.17, 15) is 9.18 Å². The number of para-hydroxylation sites is 1. The van der Waals surface area contributed by atoms with Crippen molar-refractivity contribution in [2.24, 2.45) is 7.05 Å². The molecule has 3 N–H and O–H groups in total. The van der Waals surface area contributed by atoms with Crippen molar-refractivity contribution < 1.29 is 13.9 Å². The van der Waals surface area contributed by atoms with Crippen molar-refractivity contribution in [3.63, 3.8) is 0 Å². The molecule has 0 radical (unpaired) electrons. The van der Waals surface area contributed by atoms with Crippen LogP contribution < -0.4 is 26.1 Å². The lowest BCUT2D eigenvalue weighted by Crippen LogP contribution is -2.20. The van der Waals surface area contributed by atoms with Crippen molar-refractivity contribution in [3.05, 3.63) is 62.7 Å². The smallest absolute Gasteiger partial charge is 0.259 e. The molecule has 0 fully saturated rings. The molecule has 0 unspecified atom stereocenters. The summed E-state index contributed by atoms with van der Waals surface area (Å²) in [5.41, 5.74) is 6.43. The van der Waals surface area contributed by atoms with Crippen molar-refractivity contribution in [2.45, 2.75) is 0 Å². The molecule has 0 amide bonds. The van der Waals surface area contributed by atoms with Crippen LogP contribution in [0.15, 0.2) is 41.3 Å². The summed E-state index contributed by atoms with van der Waals surface area (Å²) in [6, 6.07) is 7.41. The molecule has 4 aromatic rings. The van der Waals surface area contributed by atoms with Crippen LogP contribution in [0.4, 0.5) is 21.7 Å². The van der Waals surface area contributed by atoms with Crippen LogP contribution in [0.5, 0.6) is 11.5 Å². The van der Waals surface area contributed by atoms with Crippen molar-refractivity contribution in [1.29, 1.82) is 0 Å². The number of ether oxygens (including phenoxy) is 2. The standard InChI is InChI=1S/C22H18Cl2FN5O3/c1-30-20-10(9-27-22(29-20)28-19-12(25)5-4-6-13(19)26)7-11(21(30)31)16-17(23)14(32-2)8-15(33-3)18(16)24/h4-9H,26H2,1-3H3,(H,27,28,29). The third-order valence-electron chi connectivity index (χ3n) is 5.07. The zero-order chi connectivity index (χ0) is 23.9. The number of aryl methyl sites for hydroxylation is 1. The van der Waals surface area contributed by atoms with Crippen LogP contribution in [0.25, 0.3) is 22.2 Å². The number of anilines is 3. The molecule has 0 saturated heterocycles. The highest BCUT2D eigenvalue weighted by atomic mass is 35.5. The second-order valence-electron chi connectivity index (χ2n) is 7.01. The minimum atomic E-state index is -0.556. The minimum absolute atomic E-state index is 0.0421. The first-order valence-corrected chi connectivity index (χ1v) is 10.3. The summed E-state index contributed by atoms with van der Waals surface area (Å²) in [4.78, 5) is 21.9. The van der Waals surface area contributed by atoms with E-state index in [2.05, 4.69) is 15.3 Å². The zero-order valence-electron chi connectivity index (χ0n) is 17.7. The third kappa shape index (κ3) is 3.90. The van der Waals surface area contributed by atoms with E-state index in [0.29, 0.717) is 22.5 Å². The van der Waals surface area contributed by atoms with Gasteiger partial charge in [-0.2, -0.15) is 4.98 Å². The molecular formula is C22H18Cl2FN5O3. The number of aromatic nitrogens is 3. The van der Waals surface area contributed by atoms with E-state index in [1.165, 1.54) is 43.2 Å². The van der Waals surface area contributed by atoms with Gasteiger partial charge in [-0.15, -0.1) is 0 Å². The summed E-state index contributed by atoms with van der Waals surface area (Å²) in [5.74, 6) is 0.113. The number of nitrogens with two attached hydrogens (primary N) is 1. The lowest BCUT2D eigenvalue weighted by molar-refractivity contribution is 0.395. The Morgan fingerprint density at radius 1 is 1.12 bits per heavy atom. The Bertz CT molecular complexity index is 1410. The fraction of sp³-hybridized carbons (Fsp3) is 0.136. The molecule has 0 saturated carbocycles. The monoisotopic (exact) mass is 489 g/mol. The molecule has 11 heteroatoms. The maximum absolute atomic E-state index is 14.1. The van der Waals surface area contributed by atoms with Crippen molar-refractivity contribution in [3.8, 4) is 22.6 Å². The van der Waals surface area contributed by atoms with Crippen LogP contribution in [0.1, 0.15) is 0 Å². The number of rotatable bonds is 5. The Morgan fingerprint density at radius 2 is 1.79 bits per heavy atom. The Hall–Kier alpha value is -3.56. The van der Waals surface area contributed by atoms with E-state index in [4.69, 9.17) is 38.4 Å². The maximum atomic E-state index is 14.1. The quantitative estimate of drug-likeness (QED) is 0.388. The number of methoxy groups -OCH3 is 2. The first-order chi connectivity index (χ1) is 15.8. The topological polar surface area (TPSA) is 104 Å². The van der Waals surface area contributed by atoms with Crippen LogP contribution in [0.3, 0.4) is 0 Å². The number of fused-ring (bicyclic) bond motifs is 1. The second kappa shape index (κ2) is 8.76. The van der Waals surface area contributed by atoms with Crippen LogP contribution >= 0.6 is 23.2 Å². The molecule has 4 rings (SSSR count). The van der Waals surface area contributed by atoms with Gasteiger partial charge in [-0.25, -0.2) is 9.37 Å². The molecule has 0 atom stereocenters. The molecule has 2 aromatic carbocycles. The Balaban J connectivity index is 1.89. The van der Waals surface area contributed by atoms with E-state index in [-0.39, 0.29) is 38.5 Å². The molecule has 0 aliphatic heterocycles. The molecule has 2 heterocycles. The summed E-state index contributed by atoms with van der Waals surface area (Å²) >= 11 is 13.0. The molecule has 0 aliphatic carbocycles. The summed E-state index contributed by atoms with van der Waals surface area (Å²) < 4.78 is 26.1. The van der Waals surface area contributed by atoms with Gasteiger partial charge in [-0.1, -0.05) is 29.3 Å². The fourth-order valence-corrected chi connectivity index (χ4v) is 4.10. The van der Waals surface area contributed by atoms with Gasteiger partial charge in [0.15, 0.2) is 0 Å². The maximum Gasteiger partial charge on any atom is 0.259 e. The number of hydrogen-bond acceptors (Lipinski definition) is 7. The average molecular weight is 490 g/mol. The van der Waals surface area contributed by atoms with E-state index in [0.717, 1.165) is 0 Å². The van der Waals surface area contributed by atoms with Crippen molar-refractivity contribution in [1.82, 2.24) is 14.5 Å². The highest BCUT2D eigenvalue weighted by Crippen LogP contribution is 2.45. The first kappa shape index (κ1) is 22.6. The molecule has 170 valence electrons. The predicted octanol–water partition coefficient (Wildman–Crippen LogP) is 4.78. The van der Waals surface area contributed by atoms with E-state index in [1.807, 2.05) is 0 Å². The molecule has 2 aromatic heterocycles. The van der Waals surface area contributed by atoms with Gasteiger partial charge < -0.3 is 20.5 Å². The summed E-state index contributed by atoms with van der Waals surface area (Å²) in [7, 11) is 4.44. The molecule has 33 heavy (non-hydrogen) atoms. The fourth-order valence-electron chi connectivity index (χ4n) is 3.39. The average Bonchev–Trinajstić information content (AvgIpc) is 2.80. The van der Waals surface area contributed by atoms with Gasteiger partial charge in [-0.05, 0) is 18.2 Å². The first-order valence-electron chi connectivity index (χ1n) is 9.55. The number of halogens is 3. The van der Waals surface area contributed by atoms with Crippen molar-refractivity contribution >= 4 is 51.6 Å². The van der Waals surface area contributed by atoms with Crippen LogP contribution in [-0.4, -0.2) is 28.8 Å². The molecular weight excluding hydrogens is 472 g/mol.